The van der Waals surface area contributed by atoms with Crippen LogP contribution in [0.4, 0.5) is 5.69 Å². The zero-order valence-corrected chi connectivity index (χ0v) is 12.3. The van der Waals surface area contributed by atoms with Crippen LogP contribution in [0.2, 0.25) is 0 Å². The lowest BCUT2D eigenvalue weighted by Crippen LogP contribution is -2.39. The fourth-order valence-electron chi connectivity index (χ4n) is 3.45. The topological polar surface area (TPSA) is 49.8 Å². The molecule has 0 saturated carbocycles. The molecule has 3 rings (SSSR count). The van der Waals surface area contributed by atoms with Crippen LogP contribution < -0.4 is 4.90 Å². The van der Waals surface area contributed by atoms with E-state index in [-0.39, 0.29) is 5.92 Å². The Bertz CT molecular complexity index is 497. The van der Waals surface area contributed by atoms with Gasteiger partial charge in [-0.1, -0.05) is 18.2 Å². The number of carboxylic acid groups (broad SMARTS) is 1. The standard InChI is InChI=1S/C17H23NO3/c19-17(20)14-11-13-5-1-2-8-16(13)18(12-14)9-3-6-15-7-4-10-21-15/h1-2,5,8,14-15H,3-4,6-7,9-12H2,(H,19,20). The highest BCUT2D eigenvalue weighted by atomic mass is 16.5. The Morgan fingerprint density at radius 3 is 3.00 bits per heavy atom. The predicted octanol–water partition coefficient (Wildman–Crippen LogP) is 2.71. The van der Waals surface area contributed by atoms with Crippen molar-refractivity contribution in [3.05, 3.63) is 29.8 Å². The van der Waals surface area contributed by atoms with E-state index in [1.807, 2.05) is 12.1 Å². The van der Waals surface area contributed by atoms with E-state index < -0.39 is 5.97 Å². The summed E-state index contributed by atoms with van der Waals surface area (Å²) >= 11 is 0. The van der Waals surface area contributed by atoms with Crippen molar-refractivity contribution < 1.29 is 14.6 Å². The van der Waals surface area contributed by atoms with Crippen molar-refractivity contribution in [1.29, 1.82) is 0 Å². The number of para-hydroxylation sites is 1. The number of nitrogens with zero attached hydrogens (tertiary/aromatic N) is 1. The first-order valence-corrected chi connectivity index (χ1v) is 7.91. The van der Waals surface area contributed by atoms with E-state index >= 15 is 0 Å². The molecule has 1 aromatic carbocycles. The van der Waals surface area contributed by atoms with Gasteiger partial charge in [0, 0.05) is 25.4 Å². The van der Waals surface area contributed by atoms with Gasteiger partial charge in [-0.3, -0.25) is 4.79 Å². The Kier molecular flexibility index (Phi) is 4.44. The SMILES string of the molecule is O=C(O)C1Cc2ccccc2N(CCCC2CCCO2)C1. The maximum atomic E-state index is 11.3. The zero-order valence-electron chi connectivity index (χ0n) is 12.3. The van der Waals surface area contributed by atoms with Crippen molar-refractivity contribution in [2.24, 2.45) is 5.92 Å². The highest BCUT2D eigenvalue weighted by molar-refractivity contribution is 5.73. The molecule has 21 heavy (non-hydrogen) atoms. The quantitative estimate of drug-likeness (QED) is 0.905. The molecule has 2 aliphatic heterocycles. The van der Waals surface area contributed by atoms with Crippen molar-refractivity contribution in [3.8, 4) is 0 Å². The second-order valence-corrected chi connectivity index (χ2v) is 6.09. The van der Waals surface area contributed by atoms with Crippen molar-refractivity contribution in [3.63, 3.8) is 0 Å². The number of fused-ring (bicyclic) bond motifs is 1. The molecule has 1 N–H and O–H groups in total. The van der Waals surface area contributed by atoms with Gasteiger partial charge in [-0.2, -0.15) is 0 Å². The molecule has 0 aliphatic carbocycles. The van der Waals surface area contributed by atoms with Gasteiger partial charge >= 0.3 is 5.97 Å². The first-order valence-electron chi connectivity index (χ1n) is 7.91. The molecule has 0 aromatic heterocycles. The predicted molar refractivity (Wildman–Crippen MR) is 81.7 cm³/mol. The summed E-state index contributed by atoms with van der Waals surface area (Å²) in [5.41, 5.74) is 2.37. The lowest BCUT2D eigenvalue weighted by molar-refractivity contribution is -0.141. The first kappa shape index (κ1) is 14.4. The van der Waals surface area contributed by atoms with Gasteiger partial charge in [0.15, 0.2) is 0 Å². The maximum absolute atomic E-state index is 11.3. The van der Waals surface area contributed by atoms with Crippen molar-refractivity contribution in [1.82, 2.24) is 0 Å². The number of rotatable bonds is 5. The summed E-state index contributed by atoms with van der Waals surface area (Å²) in [5, 5.41) is 9.33. The van der Waals surface area contributed by atoms with Crippen LogP contribution in [-0.2, 0) is 16.0 Å². The molecule has 4 nitrogen and oxygen atoms in total. The summed E-state index contributed by atoms with van der Waals surface area (Å²) in [5.74, 6) is -0.976. The Balaban J connectivity index is 1.63. The fourth-order valence-corrected chi connectivity index (χ4v) is 3.45. The molecule has 1 aromatic rings. The monoisotopic (exact) mass is 289 g/mol. The second-order valence-electron chi connectivity index (χ2n) is 6.09. The Morgan fingerprint density at radius 2 is 2.24 bits per heavy atom. The lowest BCUT2D eigenvalue weighted by Gasteiger charge is -2.34. The minimum Gasteiger partial charge on any atom is -0.481 e. The molecule has 4 heteroatoms. The van der Waals surface area contributed by atoms with Gasteiger partial charge in [0.05, 0.1) is 12.0 Å². The van der Waals surface area contributed by atoms with E-state index in [9.17, 15) is 9.90 Å². The Hall–Kier alpha value is -1.55. The molecule has 114 valence electrons. The number of carbonyl (C=O) groups is 1. The molecular formula is C17H23NO3. The molecule has 0 amide bonds. The number of benzene rings is 1. The molecule has 2 aliphatic rings. The third-order valence-electron chi connectivity index (χ3n) is 4.57. The Labute approximate surface area is 125 Å². The summed E-state index contributed by atoms with van der Waals surface area (Å²) < 4.78 is 5.66. The van der Waals surface area contributed by atoms with Gasteiger partial charge in [0.1, 0.15) is 0 Å². The smallest absolute Gasteiger partial charge is 0.308 e. The molecular weight excluding hydrogens is 266 g/mol. The molecule has 0 radical (unpaired) electrons. The van der Waals surface area contributed by atoms with Crippen LogP contribution in [0.1, 0.15) is 31.2 Å². The Morgan fingerprint density at radius 1 is 1.38 bits per heavy atom. The van der Waals surface area contributed by atoms with Gasteiger partial charge in [-0.25, -0.2) is 0 Å². The minimum absolute atomic E-state index is 0.289. The number of hydrogen-bond donors (Lipinski definition) is 1. The van der Waals surface area contributed by atoms with Crippen LogP contribution in [0.25, 0.3) is 0 Å². The minimum atomic E-state index is -0.686. The molecule has 1 fully saturated rings. The molecule has 0 bridgehead atoms. The molecule has 1 saturated heterocycles. The summed E-state index contributed by atoms with van der Waals surface area (Å²) in [7, 11) is 0. The molecule has 2 heterocycles. The van der Waals surface area contributed by atoms with Crippen molar-refractivity contribution >= 4 is 11.7 Å². The van der Waals surface area contributed by atoms with Gasteiger partial charge in [0.25, 0.3) is 0 Å². The van der Waals surface area contributed by atoms with Crippen molar-refractivity contribution in [2.45, 2.75) is 38.2 Å². The van der Waals surface area contributed by atoms with Crippen LogP contribution in [0.5, 0.6) is 0 Å². The number of carboxylic acids is 1. The van der Waals surface area contributed by atoms with E-state index in [0.717, 1.165) is 31.6 Å². The fraction of sp³-hybridized carbons (Fsp3) is 0.588. The van der Waals surface area contributed by atoms with Crippen molar-refractivity contribution in [2.75, 3.05) is 24.6 Å². The average molecular weight is 289 g/mol. The highest BCUT2D eigenvalue weighted by Gasteiger charge is 2.28. The number of anilines is 1. The number of ether oxygens (including phenoxy) is 1. The van der Waals surface area contributed by atoms with E-state index in [2.05, 4.69) is 17.0 Å². The van der Waals surface area contributed by atoms with Crippen LogP contribution >= 0.6 is 0 Å². The first-order chi connectivity index (χ1) is 10.2. The van der Waals surface area contributed by atoms with E-state index in [1.165, 1.54) is 18.5 Å². The van der Waals surface area contributed by atoms with Crippen LogP contribution in [-0.4, -0.2) is 36.9 Å². The number of aliphatic carboxylic acids is 1. The van der Waals surface area contributed by atoms with Gasteiger partial charge in [-0.05, 0) is 43.7 Å². The maximum Gasteiger partial charge on any atom is 0.308 e. The summed E-state index contributed by atoms with van der Waals surface area (Å²) in [4.78, 5) is 13.6. The van der Waals surface area contributed by atoms with Gasteiger partial charge in [-0.15, -0.1) is 0 Å². The molecule has 2 unspecified atom stereocenters. The largest absolute Gasteiger partial charge is 0.481 e. The number of hydrogen-bond acceptors (Lipinski definition) is 3. The third kappa shape index (κ3) is 3.38. The van der Waals surface area contributed by atoms with E-state index in [1.54, 1.807) is 0 Å². The van der Waals surface area contributed by atoms with E-state index in [0.29, 0.717) is 19.1 Å². The van der Waals surface area contributed by atoms with Crippen LogP contribution in [0, 0.1) is 5.92 Å². The average Bonchev–Trinajstić information content (AvgIpc) is 3.00. The molecule has 0 spiro atoms. The van der Waals surface area contributed by atoms with Crippen LogP contribution in [0.3, 0.4) is 0 Å². The lowest BCUT2D eigenvalue weighted by atomic mass is 9.92. The second kappa shape index (κ2) is 6.48. The van der Waals surface area contributed by atoms with Crippen LogP contribution in [0.15, 0.2) is 24.3 Å². The summed E-state index contributed by atoms with van der Waals surface area (Å²) in [6.07, 6.45) is 5.56. The van der Waals surface area contributed by atoms with E-state index in [4.69, 9.17) is 4.74 Å². The van der Waals surface area contributed by atoms with Gasteiger partial charge < -0.3 is 14.7 Å². The summed E-state index contributed by atoms with van der Waals surface area (Å²) in [6.45, 7) is 2.44. The zero-order chi connectivity index (χ0) is 14.7. The molecule has 2 atom stereocenters. The third-order valence-corrected chi connectivity index (χ3v) is 4.57. The normalized spacial score (nSPS) is 24.9. The summed E-state index contributed by atoms with van der Waals surface area (Å²) in [6, 6.07) is 8.19. The van der Waals surface area contributed by atoms with Gasteiger partial charge in [0.2, 0.25) is 0 Å². The highest BCUT2D eigenvalue weighted by Crippen LogP contribution is 2.30.